The molecule has 4 nitrogen and oxygen atoms in total. The van der Waals surface area contributed by atoms with E-state index in [1.807, 2.05) is 4.90 Å². The van der Waals surface area contributed by atoms with Crippen LogP contribution in [0.2, 0.25) is 0 Å². The minimum atomic E-state index is 0. The van der Waals surface area contributed by atoms with Crippen LogP contribution in [0, 0.1) is 13.8 Å². The van der Waals surface area contributed by atoms with Crippen LogP contribution in [0.15, 0.2) is 6.07 Å². The summed E-state index contributed by atoms with van der Waals surface area (Å²) in [4.78, 5) is 14.7. The highest BCUT2D eigenvalue weighted by Gasteiger charge is 2.25. The Hall–Kier alpha value is -1.000. The topological polar surface area (TPSA) is 37.3 Å². The van der Waals surface area contributed by atoms with Gasteiger partial charge in [-0.15, -0.1) is 12.4 Å². The molecule has 5 heteroatoms. The molecule has 0 radical (unpaired) electrons. The fourth-order valence-corrected chi connectivity index (χ4v) is 3.93. The second-order valence-electron chi connectivity index (χ2n) is 6.49. The normalized spacial score (nSPS) is 19.8. The molecule has 1 N–H and O–H groups in total. The smallest absolute Gasteiger partial charge is 0.255 e. The second-order valence-corrected chi connectivity index (χ2v) is 6.49. The summed E-state index contributed by atoms with van der Waals surface area (Å²) in [5.74, 6) is 0.214. The van der Waals surface area contributed by atoms with Crippen LogP contribution in [0.3, 0.4) is 0 Å². The summed E-state index contributed by atoms with van der Waals surface area (Å²) in [5.41, 5.74) is 3.33. The van der Waals surface area contributed by atoms with Crippen LogP contribution >= 0.6 is 12.4 Å². The van der Waals surface area contributed by atoms with Gasteiger partial charge in [-0.3, -0.25) is 4.79 Å². The average molecular weight is 326 g/mol. The Morgan fingerprint density at radius 1 is 1.14 bits per heavy atom. The van der Waals surface area contributed by atoms with E-state index in [1.54, 1.807) is 0 Å². The van der Waals surface area contributed by atoms with Crippen molar-refractivity contribution in [3.8, 4) is 0 Å². The molecule has 1 aliphatic carbocycles. The van der Waals surface area contributed by atoms with Crippen molar-refractivity contribution in [2.24, 2.45) is 0 Å². The van der Waals surface area contributed by atoms with Gasteiger partial charge in [0.1, 0.15) is 0 Å². The summed E-state index contributed by atoms with van der Waals surface area (Å²) in [7, 11) is 0. The van der Waals surface area contributed by atoms with E-state index in [-0.39, 0.29) is 18.3 Å². The van der Waals surface area contributed by atoms with Crippen LogP contribution in [-0.4, -0.2) is 41.6 Å². The summed E-state index contributed by atoms with van der Waals surface area (Å²) in [6, 6.07) is 2.71. The molecule has 124 valence electrons. The lowest BCUT2D eigenvalue weighted by molar-refractivity contribution is 0.0735. The summed E-state index contributed by atoms with van der Waals surface area (Å²) in [6.07, 6.45) is 6.53. The zero-order chi connectivity index (χ0) is 14.8. The number of carbonyl (C=O) groups excluding carboxylic acids is 1. The lowest BCUT2D eigenvalue weighted by Gasteiger charge is -2.28. The predicted octanol–water partition coefficient (Wildman–Crippen LogP) is 3.08. The third kappa shape index (κ3) is 3.33. The standard InChI is InChI=1S/C17H27N3O.ClH/c1-13-12-16(17(21)19-10-8-18-9-11-19)14(2)20(13)15-6-4-3-5-7-15;/h12,15,18H,3-11H2,1-2H3;1H. The van der Waals surface area contributed by atoms with E-state index in [2.05, 4.69) is 29.8 Å². The van der Waals surface area contributed by atoms with Gasteiger partial charge in [0.15, 0.2) is 0 Å². The molecule has 2 fully saturated rings. The van der Waals surface area contributed by atoms with Gasteiger partial charge in [-0.1, -0.05) is 19.3 Å². The molecule has 1 saturated heterocycles. The van der Waals surface area contributed by atoms with E-state index in [4.69, 9.17) is 0 Å². The number of amides is 1. The molecular weight excluding hydrogens is 298 g/mol. The molecule has 1 amide bonds. The molecular formula is C17H28ClN3O. The number of carbonyl (C=O) groups is 1. The van der Waals surface area contributed by atoms with Crippen LogP contribution in [0.4, 0.5) is 0 Å². The van der Waals surface area contributed by atoms with Gasteiger partial charge in [0.05, 0.1) is 5.56 Å². The second kappa shape index (κ2) is 7.51. The van der Waals surface area contributed by atoms with Gasteiger partial charge in [0.25, 0.3) is 5.91 Å². The minimum absolute atomic E-state index is 0. The molecule has 2 heterocycles. The highest BCUT2D eigenvalue weighted by atomic mass is 35.5. The van der Waals surface area contributed by atoms with Crippen molar-refractivity contribution in [3.05, 3.63) is 23.0 Å². The predicted molar refractivity (Wildman–Crippen MR) is 92.0 cm³/mol. The molecule has 0 unspecified atom stereocenters. The number of aryl methyl sites for hydroxylation is 1. The van der Waals surface area contributed by atoms with Crippen LogP contribution in [0.25, 0.3) is 0 Å². The van der Waals surface area contributed by atoms with E-state index < -0.39 is 0 Å². The van der Waals surface area contributed by atoms with E-state index in [0.717, 1.165) is 31.7 Å². The number of halogens is 1. The van der Waals surface area contributed by atoms with Crippen LogP contribution in [0.5, 0.6) is 0 Å². The lowest BCUT2D eigenvalue weighted by atomic mass is 9.95. The number of piperazine rings is 1. The Balaban J connectivity index is 0.00000176. The molecule has 0 aromatic carbocycles. The van der Waals surface area contributed by atoms with Crippen molar-refractivity contribution in [2.45, 2.75) is 52.0 Å². The zero-order valence-corrected chi connectivity index (χ0v) is 14.5. The molecule has 22 heavy (non-hydrogen) atoms. The van der Waals surface area contributed by atoms with Gasteiger partial charge < -0.3 is 14.8 Å². The van der Waals surface area contributed by atoms with Crippen LogP contribution in [-0.2, 0) is 0 Å². The van der Waals surface area contributed by atoms with Gasteiger partial charge in [-0.05, 0) is 32.8 Å². The van der Waals surface area contributed by atoms with Crippen LogP contribution < -0.4 is 5.32 Å². The van der Waals surface area contributed by atoms with Crippen molar-refractivity contribution in [2.75, 3.05) is 26.2 Å². The molecule has 3 rings (SSSR count). The number of hydrogen-bond acceptors (Lipinski definition) is 2. The Morgan fingerprint density at radius 3 is 2.41 bits per heavy atom. The Bertz CT molecular complexity index is 514. The fraction of sp³-hybridized carbons (Fsp3) is 0.706. The van der Waals surface area contributed by atoms with E-state index in [1.165, 1.54) is 43.5 Å². The highest BCUT2D eigenvalue weighted by molar-refractivity contribution is 5.95. The monoisotopic (exact) mass is 325 g/mol. The number of nitrogens with zero attached hydrogens (tertiary/aromatic N) is 2. The first-order valence-corrected chi connectivity index (χ1v) is 8.37. The maximum atomic E-state index is 12.8. The summed E-state index contributed by atoms with van der Waals surface area (Å²) in [5, 5.41) is 3.30. The molecule has 0 atom stereocenters. The molecule has 1 aromatic rings. The number of hydrogen-bond donors (Lipinski definition) is 1. The summed E-state index contributed by atoms with van der Waals surface area (Å²) >= 11 is 0. The number of rotatable bonds is 2. The Kier molecular flexibility index (Phi) is 5.93. The molecule has 1 saturated carbocycles. The minimum Gasteiger partial charge on any atom is -0.345 e. The first-order valence-electron chi connectivity index (χ1n) is 8.37. The number of nitrogens with one attached hydrogen (secondary N) is 1. The number of aromatic nitrogens is 1. The van der Waals surface area contributed by atoms with Gasteiger partial charge in [-0.2, -0.15) is 0 Å². The first-order chi connectivity index (χ1) is 10.2. The van der Waals surface area contributed by atoms with Crippen molar-refractivity contribution >= 4 is 18.3 Å². The van der Waals surface area contributed by atoms with Gasteiger partial charge in [-0.25, -0.2) is 0 Å². The van der Waals surface area contributed by atoms with Gasteiger partial charge >= 0.3 is 0 Å². The molecule has 2 aliphatic rings. The summed E-state index contributed by atoms with van der Waals surface area (Å²) < 4.78 is 2.43. The van der Waals surface area contributed by atoms with E-state index in [9.17, 15) is 4.79 Å². The van der Waals surface area contributed by atoms with Crippen molar-refractivity contribution < 1.29 is 4.79 Å². The summed E-state index contributed by atoms with van der Waals surface area (Å²) in [6.45, 7) is 7.74. The van der Waals surface area contributed by atoms with Crippen molar-refractivity contribution in [1.29, 1.82) is 0 Å². The quantitative estimate of drug-likeness (QED) is 0.907. The fourth-order valence-electron chi connectivity index (χ4n) is 3.93. The highest BCUT2D eigenvalue weighted by Crippen LogP contribution is 2.32. The Labute approximate surface area is 139 Å². The van der Waals surface area contributed by atoms with Crippen molar-refractivity contribution in [3.63, 3.8) is 0 Å². The third-order valence-corrected chi connectivity index (χ3v) is 5.06. The molecule has 0 bridgehead atoms. The first kappa shape index (κ1) is 17.4. The molecule has 1 aromatic heterocycles. The zero-order valence-electron chi connectivity index (χ0n) is 13.7. The molecule has 1 aliphatic heterocycles. The average Bonchev–Trinajstić information content (AvgIpc) is 2.83. The van der Waals surface area contributed by atoms with E-state index in [0.29, 0.717) is 6.04 Å². The molecule has 0 spiro atoms. The van der Waals surface area contributed by atoms with E-state index >= 15 is 0 Å². The Morgan fingerprint density at radius 2 is 1.77 bits per heavy atom. The van der Waals surface area contributed by atoms with Crippen molar-refractivity contribution in [1.82, 2.24) is 14.8 Å². The van der Waals surface area contributed by atoms with Gasteiger partial charge in [0.2, 0.25) is 0 Å². The maximum Gasteiger partial charge on any atom is 0.255 e. The SMILES string of the molecule is Cc1cc(C(=O)N2CCNCC2)c(C)n1C1CCCCC1.Cl. The lowest BCUT2D eigenvalue weighted by Crippen LogP contribution is -2.46. The van der Waals surface area contributed by atoms with Crippen LogP contribution in [0.1, 0.15) is 59.9 Å². The largest absolute Gasteiger partial charge is 0.345 e. The third-order valence-electron chi connectivity index (χ3n) is 5.06. The maximum absolute atomic E-state index is 12.8. The van der Waals surface area contributed by atoms with Gasteiger partial charge in [0, 0.05) is 43.6 Å².